The maximum Gasteiger partial charge on any atom is 0.270 e. The molecule has 5 nitrogen and oxygen atoms in total. The average molecular weight is 268 g/mol. The van der Waals surface area contributed by atoms with E-state index in [2.05, 4.69) is 22.2 Å². The highest BCUT2D eigenvalue weighted by Crippen LogP contribution is 2.21. The summed E-state index contributed by atoms with van der Waals surface area (Å²) in [6, 6.07) is 0.691. The van der Waals surface area contributed by atoms with Gasteiger partial charge in [-0.3, -0.25) is 4.79 Å². The molecule has 1 aromatic rings. The molecule has 1 fully saturated rings. The molecule has 18 heavy (non-hydrogen) atoms. The Morgan fingerprint density at radius 3 is 2.94 bits per heavy atom. The standard InChI is InChI=1S/C12H20N4OS/c1-16(9-4-2-3-5-9)7-6-14-11(17)10-8-18-12(13)15-10/h8-9H,2-7H2,1H3,(H2,13,15)(H,14,17). The van der Waals surface area contributed by atoms with Gasteiger partial charge in [-0.1, -0.05) is 12.8 Å². The first-order chi connectivity index (χ1) is 8.66. The number of nitrogen functional groups attached to an aromatic ring is 1. The average Bonchev–Trinajstić information content (AvgIpc) is 2.99. The molecule has 2 rings (SSSR count). The van der Waals surface area contributed by atoms with Crippen LogP contribution in [-0.4, -0.2) is 42.0 Å². The highest BCUT2D eigenvalue weighted by atomic mass is 32.1. The van der Waals surface area contributed by atoms with Crippen molar-refractivity contribution in [1.29, 1.82) is 0 Å². The van der Waals surface area contributed by atoms with Gasteiger partial charge in [0.2, 0.25) is 0 Å². The van der Waals surface area contributed by atoms with E-state index in [1.54, 1.807) is 5.38 Å². The van der Waals surface area contributed by atoms with Crippen LogP contribution < -0.4 is 11.1 Å². The highest BCUT2D eigenvalue weighted by Gasteiger charge is 2.19. The number of aromatic nitrogens is 1. The number of nitrogens with one attached hydrogen (secondary N) is 1. The second-order valence-corrected chi connectivity index (χ2v) is 5.64. The lowest BCUT2D eigenvalue weighted by molar-refractivity contribution is 0.0943. The van der Waals surface area contributed by atoms with E-state index in [0.717, 1.165) is 6.54 Å². The molecular formula is C12H20N4OS. The molecule has 0 aromatic carbocycles. The summed E-state index contributed by atoms with van der Waals surface area (Å²) >= 11 is 1.29. The van der Waals surface area contributed by atoms with Gasteiger partial charge in [0, 0.05) is 24.5 Å². The fourth-order valence-electron chi connectivity index (χ4n) is 2.36. The topological polar surface area (TPSA) is 71.2 Å². The Labute approximate surface area is 111 Å². The van der Waals surface area contributed by atoms with Gasteiger partial charge in [-0.05, 0) is 19.9 Å². The largest absolute Gasteiger partial charge is 0.375 e. The summed E-state index contributed by atoms with van der Waals surface area (Å²) in [5.74, 6) is -0.136. The third-order valence-electron chi connectivity index (χ3n) is 3.45. The number of rotatable bonds is 5. The lowest BCUT2D eigenvalue weighted by Crippen LogP contribution is -2.37. The predicted molar refractivity (Wildman–Crippen MR) is 73.7 cm³/mol. The van der Waals surface area contributed by atoms with Crippen LogP contribution in [0.1, 0.15) is 36.2 Å². The fourth-order valence-corrected chi connectivity index (χ4v) is 2.90. The number of hydrogen-bond donors (Lipinski definition) is 2. The van der Waals surface area contributed by atoms with Crippen LogP contribution in [0.15, 0.2) is 5.38 Å². The fraction of sp³-hybridized carbons (Fsp3) is 0.667. The smallest absolute Gasteiger partial charge is 0.270 e. The summed E-state index contributed by atoms with van der Waals surface area (Å²) in [6.07, 6.45) is 5.24. The Morgan fingerprint density at radius 1 is 1.61 bits per heavy atom. The van der Waals surface area contributed by atoms with Crippen molar-refractivity contribution in [3.63, 3.8) is 0 Å². The van der Waals surface area contributed by atoms with E-state index in [1.807, 2.05) is 0 Å². The Bertz CT molecular complexity index is 401. The molecule has 6 heteroatoms. The maximum atomic E-state index is 11.7. The van der Waals surface area contributed by atoms with Crippen LogP contribution in [-0.2, 0) is 0 Å². The summed E-state index contributed by atoms with van der Waals surface area (Å²) in [5, 5.41) is 4.99. The monoisotopic (exact) mass is 268 g/mol. The van der Waals surface area contributed by atoms with Crippen LogP contribution >= 0.6 is 11.3 Å². The summed E-state index contributed by atoms with van der Waals surface area (Å²) in [5.41, 5.74) is 5.91. The number of hydrogen-bond acceptors (Lipinski definition) is 5. The number of nitrogens with two attached hydrogens (primary N) is 1. The minimum Gasteiger partial charge on any atom is -0.375 e. The van der Waals surface area contributed by atoms with Crippen LogP contribution in [0.4, 0.5) is 5.13 Å². The van der Waals surface area contributed by atoms with Crippen molar-refractivity contribution in [2.45, 2.75) is 31.7 Å². The minimum absolute atomic E-state index is 0.136. The third-order valence-corrected chi connectivity index (χ3v) is 4.13. The highest BCUT2D eigenvalue weighted by molar-refractivity contribution is 7.13. The zero-order valence-electron chi connectivity index (χ0n) is 10.7. The van der Waals surface area contributed by atoms with E-state index < -0.39 is 0 Å². The first-order valence-corrected chi connectivity index (χ1v) is 7.24. The lowest BCUT2D eigenvalue weighted by atomic mass is 10.2. The van der Waals surface area contributed by atoms with E-state index in [4.69, 9.17) is 5.73 Å². The second kappa shape index (κ2) is 6.15. The van der Waals surface area contributed by atoms with Gasteiger partial charge in [-0.15, -0.1) is 11.3 Å². The van der Waals surface area contributed by atoms with E-state index in [1.165, 1.54) is 37.0 Å². The molecule has 0 radical (unpaired) electrons. The molecule has 3 N–H and O–H groups in total. The molecule has 1 amide bonds. The number of likely N-dealkylation sites (N-methyl/N-ethyl adjacent to an activating group) is 1. The molecule has 0 unspecified atom stereocenters. The number of nitrogens with zero attached hydrogens (tertiary/aromatic N) is 2. The van der Waals surface area contributed by atoms with E-state index in [-0.39, 0.29) is 5.91 Å². The molecule has 1 heterocycles. The Hall–Kier alpha value is -1.14. The quantitative estimate of drug-likeness (QED) is 0.845. The van der Waals surface area contributed by atoms with Crippen LogP contribution in [0.25, 0.3) is 0 Å². The van der Waals surface area contributed by atoms with Gasteiger partial charge in [0.05, 0.1) is 0 Å². The molecule has 0 aliphatic heterocycles. The molecule has 0 bridgehead atoms. The second-order valence-electron chi connectivity index (χ2n) is 4.75. The Morgan fingerprint density at radius 2 is 2.33 bits per heavy atom. The number of thiazole rings is 1. The summed E-state index contributed by atoms with van der Waals surface area (Å²) in [7, 11) is 2.13. The summed E-state index contributed by atoms with van der Waals surface area (Å²) in [4.78, 5) is 18.0. The van der Waals surface area contributed by atoms with Crippen molar-refractivity contribution in [2.75, 3.05) is 25.9 Å². The van der Waals surface area contributed by atoms with Crippen LogP contribution in [0.5, 0.6) is 0 Å². The van der Waals surface area contributed by atoms with Gasteiger partial charge in [0.25, 0.3) is 5.91 Å². The van der Waals surface area contributed by atoms with E-state index in [9.17, 15) is 4.79 Å². The van der Waals surface area contributed by atoms with Gasteiger partial charge in [-0.25, -0.2) is 4.98 Å². The van der Waals surface area contributed by atoms with Crippen molar-refractivity contribution in [1.82, 2.24) is 15.2 Å². The van der Waals surface area contributed by atoms with Crippen molar-refractivity contribution >= 4 is 22.4 Å². The van der Waals surface area contributed by atoms with E-state index in [0.29, 0.717) is 23.4 Å². The molecule has 0 atom stereocenters. The van der Waals surface area contributed by atoms with Gasteiger partial charge in [0.15, 0.2) is 5.13 Å². The van der Waals surface area contributed by atoms with Crippen molar-refractivity contribution < 1.29 is 4.79 Å². The van der Waals surface area contributed by atoms with Gasteiger partial charge in [-0.2, -0.15) is 0 Å². The molecule has 1 aliphatic rings. The molecule has 1 aliphatic carbocycles. The molecular weight excluding hydrogens is 248 g/mol. The molecule has 0 spiro atoms. The first-order valence-electron chi connectivity index (χ1n) is 6.36. The van der Waals surface area contributed by atoms with Gasteiger partial charge in [0.1, 0.15) is 5.69 Å². The third kappa shape index (κ3) is 3.43. The van der Waals surface area contributed by atoms with Gasteiger partial charge < -0.3 is 16.0 Å². The van der Waals surface area contributed by atoms with Crippen molar-refractivity contribution in [3.8, 4) is 0 Å². The van der Waals surface area contributed by atoms with Crippen LogP contribution in [0.3, 0.4) is 0 Å². The number of carbonyl (C=O) groups excluding carboxylic acids is 1. The first kappa shape index (κ1) is 13.3. The van der Waals surface area contributed by atoms with Crippen molar-refractivity contribution in [3.05, 3.63) is 11.1 Å². The minimum atomic E-state index is -0.136. The SMILES string of the molecule is CN(CCNC(=O)c1csc(N)n1)C1CCCC1. The molecule has 0 saturated heterocycles. The van der Waals surface area contributed by atoms with E-state index >= 15 is 0 Å². The van der Waals surface area contributed by atoms with Crippen LogP contribution in [0.2, 0.25) is 0 Å². The summed E-state index contributed by atoms with van der Waals surface area (Å²) < 4.78 is 0. The van der Waals surface area contributed by atoms with Gasteiger partial charge >= 0.3 is 0 Å². The molecule has 1 aromatic heterocycles. The zero-order valence-corrected chi connectivity index (χ0v) is 11.5. The number of amides is 1. The normalized spacial score (nSPS) is 16.3. The number of carbonyl (C=O) groups is 1. The lowest BCUT2D eigenvalue weighted by Gasteiger charge is -2.23. The maximum absolute atomic E-state index is 11.7. The number of anilines is 1. The zero-order chi connectivity index (χ0) is 13.0. The van der Waals surface area contributed by atoms with Crippen LogP contribution in [0, 0.1) is 0 Å². The molecule has 1 saturated carbocycles. The Kier molecular flexibility index (Phi) is 4.54. The predicted octanol–water partition coefficient (Wildman–Crippen LogP) is 1.33. The Balaban J connectivity index is 1.70. The summed E-state index contributed by atoms with van der Waals surface area (Å²) in [6.45, 7) is 1.54. The van der Waals surface area contributed by atoms with Crippen molar-refractivity contribution in [2.24, 2.45) is 0 Å². The molecule has 100 valence electrons.